The molecule has 3 heterocycles. The minimum absolute atomic E-state index is 0.0628. The number of nitrogens with zero attached hydrogens (tertiary/aromatic N) is 3. The maximum atomic E-state index is 12.3. The minimum Gasteiger partial charge on any atom is -0.379 e. The third kappa shape index (κ3) is 3.64. The molecule has 3 fully saturated rings. The van der Waals surface area contributed by atoms with E-state index >= 15 is 0 Å². The van der Waals surface area contributed by atoms with E-state index in [2.05, 4.69) is 20.1 Å². The van der Waals surface area contributed by atoms with Gasteiger partial charge in [-0.05, 0) is 24.7 Å². The molecule has 1 aromatic heterocycles. The van der Waals surface area contributed by atoms with Gasteiger partial charge in [0.05, 0.1) is 19.8 Å². The van der Waals surface area contributed by atoms with Crippen LogP contribution in [0.4, 0.5) is 5.13 Å². The maximum absolute atomic E-state index is 12.3. The number of hydrogen-bond acceptors (Lipinski definition) is 6. The molecule has 6 nitrogen and oxygen atoms in total. The van der Waals surface area contributed by atoms with E-state index < -0.39 is 0 Å². The summed E-state index contributed by atoms with van der Waals surface area (Å²) in [5, 5.41) is 5.49. The van der Waals surface area contributed by atoms with Crippen LogP contribution < -0.4 is 5.32 Å². The van der Waals surface area contributed by atoms with Crippen LogP contribution in [0.15, 0.2) is 11.6 Å². The standard InChI is InChI=1S/C17H26N4O2S/c22-15(19-17-18-4-9-24-17)12-20-10-13-2-1-3-14(11-20)16(13)21-5-7-23-8-6-21/h4,9,13-14,16H,1-3,5-8,10-12H2,(H,18,19,22)/t13-,14-/m1/s1. The van der Waals surface area contributed by atoms with Crippen LogP contribution in [-0.4, -0.2) is 72.7 Å². The molecule has 0 spiro atoms. The Morgan fingerprint density at radius 3 is 2.71 bits per heavy atom. The third-order valence-electron chi connectivity index (χ3n) is 5.61. The highest BCUT2D eigenvalue weighted by molar-refractivity contribution is 7.13. The first kappa shape index (κ1) is 16.4. The fourth-order valence-corrected chi connectivity index (χ4v) is 5.30. The number of thiazole rings is 1. The second kappa shape index (κ2) is 7.47. The van der Waals surface area contributed by atoms with Gasteiger partial charge in [0.25, 0.3) is 0 Å². The van der Waals surface area contributed by atoms with Crippen molar-refractivity contribution in [2.24, 2.45) is 11.8 Å². The third-order valence-corrected chi connectivity index (χ3v) is 6.30. The van der Waals surface area contributed by atoms with E-state index in [1.165, 1.54) is 30.6 Å². The van der Waals surface area contributed by atoms with Crippen molar-refractivity contribution in [3.8, 4) is 0 Å². The summed E-state index contributed by atoms with van der Waals surface area (Å²) in [4.78, 5) is 21.4. The number of rotatable bonds is 4. The van der Waals surface area contributed by atoms with E-state index in [9.17, 15) is 4.79 Å². The highest BCUT2D eigenvalue weighted by atomic mass is 32.1. The summed E-state index contributed by atoms with van der Waals surface area (Å²) < 4.78 is 5.53. The summed E-state index contributed by atoms with van der Waals surface area (Å²) in [6.45, 7) is 6.46. The molecule has 1 aliphatic carbocycles. The Hall–Kier alpha value is -1.02. The molecule has 132 valence electrons. The SMILES string of the molecule is O=C(CN1C[C@H]2CCC[C@H](C1)C2N1CCOCC1)Nc1nccs1. The van der Waals surface area contributed by atoms with Crippen molar-refractivity contribution in [3.05, 3.63) is 11.6 Å². The average Bonchev–Trinajstić information content (AvgIpc) is 3.07. The van der Waals surface area contributed by atoms with Gasteiger partial charge >= 0.3 is 0 Å². The molecule has 3 aliphatic rings. The molecule has 2 atom stereocenters. The van der Waals surface area contributed by atoms with Crippen LogP contribution in [0, 0.1) is 11.8 Å². The number of carbonyl (C=O) groups excluding carboxylic acids is 1. The van der Waals surface area contributed by atoms with Crippen molar-refractivity contribution in [2.75, 3.05) is 51.3 Å². The van der Waals surface area contributed by atoms with Crippen LogP contribution in [0.3, 0.4) is 0 Å². The van der Waals surface area contributed by atoms with Crippen molar-refractivity contribution in [3.63, 3.8) is 0 Å². The van der Waals surface area contributed by atoms with Gasteiger partial charge in [-0.1, -0.05) is 6.42 Å². The number of hydrogen-bond donors (Lipinski definition) is 1. The smallest absolute Gasteiger partial charge is 0.240 e. The van der Waals surface area contributed by atoms with Gasteiger partial charge in [0.1, 0.15) is 0 Å². The molecule has 0 unspecified atom stereocenters. The summed E-state index contributed by atoms with van der Waals surface area (Å²) >= 11 is 1.47. The minimum atomic E-state index is 0.0628. The number of nitrogens with one attached hydrogen (secondary N) is 1. The van der Waals surface area contributed by atoms with E-state index in [-0.39, 0.29) is 5.91 Å². The van der Waals surface area contributed by atoms with Crippen LogP contribution in [0.25, 0.3) is 0 Å². The number of aromatic nitrogens is 1. The second-order valence-corrected chi connectivity index (χ2v) is 8.06. The van der Waals surface area contributed by atoms with Crippen molar-refractivity contribution in [1.82, 2.24) is 14.8 Å². The lowest BCUT2D eigenvalue weighted by molar-refractivity contribution is -0.119. The normalized spacial score (nSPS) is 31.8. The molecule has 0 radical (unpaired) electrons. The highest BCUT2D eigenvalue weighted by Gasteiger charge is 2.42. The van der Waals surface area contributed by atoms with E-state index in [1.54, 1.807) is 6.20 Å². The van der Waals surface area contributed by atoms with E-state index in [4.69, 9.17) is 4.74 Å². The predicted molar refractivity (Wildman–Crippen MR) is 94.2 cm³/mol. The molecule has 1 aromatic rings. The zero-order chi connectivity index (χ0) is 16.4. The van der Waals surface area contributed by atoms with Gasteiger partial charge < -0.3 is 10.1 Å². The first-order valence-corrected chi connectivity index (χ1v) is 9.91. The number of morpholine rings is 1. The molecule has 2 aliphatic heterocycles. The molecule has 2 bridgehead atoms. The molecule has 1 N–H and O–H groups in total. The molecular formula is C17H26N4O2S. The van der Waals surface area contributed by atoms with Gasteiger partial charge in [-0.25, -0.2) is 4.98 Å². The second-order valence-electron chi connectivity index (χ2n) is 7.17. The van der Waals surface area contributed by atoms with Crippen LogP contribution in [-0.2, 0) is 9.53 Å². The lowest BCUT2D eigenvalue weighted by Crippen LogP contribution is -2.60. The zero-order valence-corrected chi connectivity index (χ0v) is 14.8. The van der Waals surface area contributed by atoms with Crippen molar-refractivity contribution in [1.29, 1.82) is 0 Å². The fourth-order valence-electron chi connectivity index (χ4n) is 4.75. The number of amides is 1. The van der Waals surface area contributed by atoms with Gasteiger partial charge in [-0.2, -0.15) is 0 Å². The van der Waals surface area contributed by atoms with Crippen molar-refractivity contribution < 1.29 is 9.53 Å². The number of piperidine rings is 1. The molecule has 1 saturated carbocycles. The molecule has 2 saturated heterocycles. The monoisotopic (exact) mass is 350 g/mol. The Balaban J connectivity index is 1.36. The number of ether oxygens (including phenoxy) is 1. The number of likely N-dealkylation sites (tertiary alicyclic amines) is 1. The van der Waals surface area contributed by atoms with Crippen LogP contribution in [0.2, 0.25) is 0 Å². The van der Waals surface area contributed by atoms with Gasteiger partial charge in [-0.3, -0.25) is 14.6 Å². The molecule has 1 amide bonds. The van der Waals surface area contributed by atoms with E-state index in [0.717, 1.165) is 39.4 Å². The largest absolute Gasteiger partial charge is 0.379 e. The summed E-state index contributed by atoms with van der Waals surface area (Å²) in [7, 11) is 0. The van der Waals surface area contributed by atoms with Gasteiger partial charge in [0.2, 0.25) is 5.91 Å². The van der Waals surface area contributed by atoms with Crippen molar-refractivity contribution in [2.45, 2.75) is 25.3 Å². The summed E-state index contributed by atoms with van der Waals surface area (Å²) in [5.41, 5.74) is 0. The molecule has 4 rings (SSSR count). The van der Waals surface area contributed by atoms with Gasteiger partial charge in [0, 0.05) is 43.8 Å². The summed E-state index contributed by atoms with van der Waals surface area (Å²) in [6.07, 6.45) is 5.65. The lowest BCUT2D eigenvalue weighted by atomic mass is 9.72. The first-order chi connectivity index (χ1) is 11.8. The quantitative estimate of drug-likeness (QED) is 0.892. The Morgan fingerprint density at radius 1 is 1.29 bits per heavy atom. The molecule has 0 aromatic carbocycles. The first-order valence-electron chi connectivity index (χ1n) is 9.03. The van der Waals surface area contributed by atoms with E-state index in [1.807, 2.05) is 5.38 Å². The van der Waals surface area contributed by atoms with E-state index in [0.29, 0.717) is 29.6 Å². The van der Waals surface area contributed by atoms with Crippen LogP contribution in [0.1, 0.15) is 19.3 Å². The summed E-state index contributed by atoms with van der Waals surface area (Å²) in [6, 6.07) is 0.695. The zero-order valence-electron chi connectivity index (χ0n) is 14.0. The van der Waals surface area contributed by atoms with Crippen LogP contribution in [0.5, 0.6) is 0 Å². The fraction of sp³-hybridized carbons (Fsp3) is 0.765. The van der Waals surface area contributed by atoms with Crippen molar-refractivity contribution >= 4 is 22.4 Å². The topological polar surface area (TPSA) is 57.7 Å². The highest BCUT2D eigenvalue weighted by Crippen LogP contribution is 2.38. The Morgan fingerprint density at radius 2 is 2.04 bits per heavy atom. The van der Waals surface area contributed by atoms with Crippen LogP contribution >= 0.6 is 11.3 Å². The molecule has 24 heavy (non-hydrogen) atoms. The summed E-state index contributed by atoms with van der Waals surface area (Å²) in [5.74, 6) is 1.46. The molecular weight excluding hydrogens is 324 g/mol. The van der Waals surface area contributed by atoms with Gasteiger partial charge in [0.15, 0.2) is 5.13 Å². The Kier molecular flexibility index (Phi) is 5.12. The molecule has 7 heteroatoms. The number of carbonyl (C=O) groups is 1. The number of fused-ring (bicyclic) bond motifs is 2. The Bertz CT molecular complexity index is 533. The Labute approximate surface area is 147 Å². The number of anilines is 1. The lowest BCUT2D eigenvalue weighted by Gasteiger charge is -2.52. The predicted octanol–water partition coefficient (Wildman–Crippen LogP) is 1.51. The maximum Gasteiger partial charge on any atom is 0.240 e. The van der Waals surface area contributed by atoms with Gasteiger partial charge in [-0.15, -0.1) is 11.3 Å². The average molecular weight is 350 g/mol.